The zero-order valence-corrected chi connectivity index (χ0v) is 14.0. The van der Waals surface area contributed by atoms with Gasteiger partial charge >= 0.3 is 6.03 Å². The first-order valence-corrected chi connectivity index (χ1v) is 8.52. The molecular weight excluding hydrogens is 334 g/mol. The van der Waals surface area contributed by atoms with E-state index in [0.717, 1.165) is 4.90 Å². The van der Waals surface area contributed by atoms with Crippen molar-refractivity contribution in [3.8, 4) is 0 Å². The molecule has 0 spiro atoms. The first kappa shape index (κ1) is 17.7. The highest BCUT2D eigenvalue weighted by atomic mass is 32.2. The lowest BCUT2D eigenvalue weighted by atomic mass is 10.3. The molecule has 1 N–H and O–H groups in total. The van der Waals surface area contributed by atoms with Gasteiger partial charge in [-0.05, 0) is 31.2 Å². The van der Waals surface area contributed by atoms with Gasteiger partial charge in [-0.15, -0.1) is 6.58 Å². The maximum absolute atomic E-state index is 12.7. The Morgan fingerprint density at radius 1 is 1.29 bits per heavy atom. The van der Waals surface area contributed by atoms with Gasteiger partial charge in [-0.3, -0.25) is 14.5 Å². The summed E-state index contributed by atoms with van der Waals surface area (Å²) in [5.74, 6) is -0.891. The smallest absolute Gasteiger partial charge is 0.326 e. The molecule has 0 saturated carbocycles. The molecular formula is C15H17N3O5S. The molecule has 2 rings (SSSR count). The summed E-state index contributed by atoms with van der Waals surface area (Å²) in [5.41, 5.74) is 0.423. The molecule has 1 heterocycles. The Balaban J connectivity index is 2.36. The predicted molar refractivity (Wildman–Crippen MR) is 86.5 cm³/mol. The van der Waals surface area contributed by atoms with Crippen molar-refractivity contribution in [2.75, 3.05) is 11.9 Å². The van der Waals surface area contributed by atoms with Crippen LogP contribution in [-0.2, 0) is 19.6 Å². The van der Waals surface area contributed by atoms with Gasteiger partial charge in [-0.1, -0.05) is 6.08 Å². The molecule has 1 saturated heterocycles. The average Bonchev–Trinajstić information content (AvgIpc) is 2.71. The number of nitrogens with zero attached hydrogens (tertiary/aromatic N) is 2. The van der Waals surface area contributed by atoms with Crippen molar-refractivity contribution in [2.24, 2.45) is 0 Å². The highest BCUT2D eigenvalue weighted by Crippen LogP contribution is 2.27. The van der Waals surface area contributed by atoms with Crippen molar-refractivity contribution in [2.45, 2.75) is 24.8 Å². The molecule has 24 heavy (non-hydrogen) atoms. The minimum atomic E-state index is -4.19. The third-order valence-corrected chi connectivity index (χ3v) is 5.30. The Morgan fingerprint density at radius 2 is 1.88 bits per heavy atom. The summed E-state index contributed by atoms with van der Waals surface area (Å²) in [4.78, 5) is 36.0. The van der Waals surface area contributed by atoms with E-state index in [9.17, 15) is 22.8 Å². The predicted octanol–water partition coefficient (Wildman–Crippen LogP) is 1.17. The van der Waals surface area contributed by atoms with Crippen LogP contribution in [0, 0.1) is 0 Å². The molecule has 4 amide bonds. The second-order valence-electron chi connectivity index (χ2n) is 5.20. The zero-order chi connectivity index (χ0) is 18.1. The monoisotopic (exact) mass is 351 g/mol. The number of anilines is 1. The van der Waals surface area contributed by atoms with Crippen LogP contribution in [0.3, 0.4) is 0 Å². The number of urea groups is 1. The normalized spacial score (nSPS) is 18.0. The zero-order valence-electron chi connectivity index (χ0n) is 13.2. The van der Waals surface area contributed by atoms with E-state index in [-0.39, 0.29) is 17.3 Å². The van der Waals surface area contributed by atoms with Crippen molar-refractivity contribution in [1.29, 1.82) is 0 Å². The summed E-state index contributed by atoms with van der Waals surface area (Å²) in [6.07, 6.45) is 1.35. The Kier molecular flexibility index (Phi) is 4.74. The van der Waals surface area contributed by atoms with E-state index in [2.05, 4.69) is 11.9 Å². The van der Waals surface area contributed by atoms with E-state index >= 15 is 0 Å². The third-order valence-electron chi connectivity index (χ3n) is 3.44. The van der Waals surface area contributed by atoms with E-state index in [1.807, 2.05) is 0 Å². The molecule has 0 aromatic heterocycles. The Morgan fingerprint density at radius 3 is 2.38 bits per heavy atom. The molecule has 1 atom stereocenters. The maximum Gasteiger partial charge on any atom is 0.341 e. The van der Waals surface area contributed by atoms with Gasteiger partial charge in [-0.2, -0.15) is 0 Å². The third kappa shape index (κ3) is 3.02. The molecule has 9 heteroatoms. The molecule has 1 aliphatic heterocycles. The van der Waals surface area contributed by atoms with Gasteiger partial charge in [0.15, 0.2) is 0 Å². The van der Waals surface area contributed by atoms with Gasteiger partial charge in [0, 0.05) is 19.2 Å². The Bertz CT molecular complexity index is 801. The number of rotatable bonds is 5. The van der Waals surface area contributed by atoms with E-state index in [1.165, 1.54) is 44.2 Å². The van der Waals surface area contributed by atoms with Crippen molar-refractivity contribution in [3.63, 3.8) is 0 Å². The van der Waals surface area contributed by atoms with Crippen molar-refractivity contribution in [1.82, 2.24) is 9.21 Å². The van der Waals surface area contributed by atoms with Crippen LogP contribution < -0.4 is 5.32 Å². The van der Waals surface area contributed by atoms with Crippen LogP contribution in [0.25, 0.3) is 0 Å². The standard InChI is InChI=1S/C15H17N3O5S/c1-4-9-17-14(20)10(2)18(15(17)21)24(22,23)13-7-5-12(6-8-13)16-11(3)19/h4-8,10H,1,9H2,2-3H3,(H,16,19). The van der Waals surface area contributed by atoms with Gasteiger partial charge in [0.2, 0.25) is 5.91 Å². The Hall–Kier alpha value is -2.68. The lowest BCUT2D eigenvalue weighted by Crippen LogP contribution is -2.39. The summed E-state index contributed by atoms with van der Waals surface area (Å²) in [5, 5.41) is 2.51. The minimum absolute atomic E-state index is 0.0600. The molecule has 0 aliphatic carbocycles. The van der Waals surface area contributed by atoms with Crippen LogP contribution >= 0.6 is 0 Å². The molecule has 1 fully saturated rings. The summed E-state index contributed by atoms with van der Waals surface area (Å²) in [6.45, 7) is 6.07. The molecule has 0 bridgehead atoms. The highest BCUT2D eigenvalue weighted by molar-refractivity contribution is 7.89. The fourth-order valence-electron chi connectivity index (χ4n) is 2.34. The largest absolute Gasteiger partial charge is 0.341 e. The number of hydrogen-bond acceptors (Lipinski definition) is 5. The van der Waals surface area contributed by atoms with Gasteiger partial charge in [0.25, 0.3) is 15.9 Å². The number of imide groups is 1. The quantitative estimate of drug-likeness (QED) is 0.633. The second-order valence-corrected chi connectivity index (χ2v) is 7.02. The van der Waals surface area contributed by atoms with Gasteiger partial charge in [0.05, 0.1) is 4.90 Å². The molecule has 1 aromatic carbocycles. The topological polar surface area (TPSA) is 104 Å². The van der Waals surface area contributed by atoms with E-state index < -0.39 is 28.0 Å². The molecule has 1 aliphatic rings. The number of amides is 4. The fourth-order valence-corrected chi connectivity index (χ4v) is 3.86. The molecule has 0 radical (unpaired) electrons. The average molecular weight is 351 g/mol. The molecule has 1 unspecified atom stereocenters. The second kappa shape index (κ2) is 6.44. The number of nitrogens with one attached hydrogen (secondary N) is 1. The van der Waals surface area contributed by atoms with Crippen LogP contribution in [0.2, 0.25) is 0 Å². The first-order valence-electron chi connectivity index (χ1n) is 7.08. The Labute approximate surface area is 139 Å². The van der Waals surface area contributed by atoms with Crippen molar-refractivity contribution < 1.29 is 22.8 Å². The maximum atomic E-state index is 12.7. The summed E-state index contributed by atoms with van der Waals surface area (Å²) in [6, 6.07) is 3.31. The summed E-state index contributed by atoms with van der Waals surface area (Å²) in [7, 11) is -4.19. The van der Waals surface area contributed by atoms with Crippen LogP contribution in [0.1, 0.15) is 13.8 Å². The van der Waals surface area contributed by atoms with Crippen molar-refractivity contribution >= 4 is 33.6 Å². The van der Waals surface area contributed by atoms with E-state index in [1.54, 1.807) is 0 Å². The summed E-state index contributed by atoms with van der Waals surface area (Å²) < 4.78 is 26.0. The lowest BCUT2D eigenvalue weighted by Gasteiger charge is -2.19. The van der Waals surface area contributed by atoms with Crippen LogP contribution in [0.15, 0.2) is 41.8 Å². The van der Waals surface area contributed by atoms with Crippen molar-refractivity contribution in [3.05, 3.63) is 36.9 Å². The highest BCUT2D eigenvalue weighted by Gasteiger charge is 2.48. The molecule has 128 valence electrons. The molecule has 8 nitrogen and oxygen atoms in total. The van der Waals surface area contributed by atoms with Crippen LogP contribution in [-0.4, -0.2) is 48.1 Å². The number of carbonyl (C=O) groups is 3. The van der Waals surface area contributed by atoms with Crippen LogP contribution in [0.4, 0.5) is 10.5 Å². The van der Waals surface area contributed by atoms with E-state index in [4.69, 9.17) is 0 Å². The van der Waals surface area contributed by atoms with Gasteiger partial charge in [-0.25, -0.2) is 17.5 Å². The number of hydrogen-bond donors (Lipinski definition) is 1. The first-order chi connectivity index (χ1) is 11.2. The van der Waals surface area contributed by atoms with Crippen LogP contribution in [0.5, 0.6) is 0 Å². The SMILES string of the molecule is C=CCN1C(=O)C(C)N(S(=O)(=O)c2ccc(NC(C)=O)cc2)C1=O. The molecule has 1 aromatic rings. The van der Waals surface area contributed by atoms with Gasteiger partial charge in [0.1, 0.15) is 6.04 Å². The summed E-state index contributed by atoms with van der Waals surface area (Å²) >= 11 is 0. The number of sulfonamides is 1. The minimum Gasteiger partial charge on any atom is -0.326 e. The number of benzene rings is 1. The van der Waals surface area contributed by atoms with Gasteiger partial charge < -0.3 is 5.32 Å². The van der Waals surface area contributed by atoms with E-state index in [0.29, 0.717) is 9.99 Å². The number of carbonyl (C=O) groups excluding carboxylic acids is 3. The fraction of sp³-hybridized carbons (Fsp3) is 0.267. The lowest BCUT2D eigenvalue weighted by molar-refractivity contribution is -0.127.